The second kappa shape index (κ2) is 8.11. The number of methoxy groups -OCH3 is 1. The lowest BCUT2D eigenvalue weighted by atomic mass is 10.1. The summed E-state index contributed by atoms with van der Waals surface area (Å²) in [5.41, 5.74) is 1.33. The summed E-state index contributed by atoms with van der Waals surface area (Å²) in [5, 5.41) is 3.19. The normalized spacial score (nSPS) is 12.7. The summed E-state index contributed by atoms with van der Waals surface area (Å²) in [6.45, 7) is 4.38. The first-order valence-electron chi connectivity index (χ1n) is 6.65. The first kappa shape index (κ1) is 15.0. The van der Waals surface area contributed by atoms with Crippen molar-refractivity contribution < 1.29 is 4.74 Å². The van der Waals surface area contributed by atoms with E-state index in [9.17, 15) is 0 Å². The maximum Gasteiger partial charge on any atom is 0.118 e. The molecule has 0 saturated carbocycles. The van der Waals surface area contributed by atoms with E-state index in [1.807, 2.05) is 19.2 Å². The van der Waals surface area contributed by atoms with Gasteiger partial charge >= 0.3 is 0 Å². The average Bonchev–Trinajstić information content (AvgIpc) is 2.39. The second-order valence-electron chi connectivity index (χ2n) is 4.86. The van der Waals surface area contributed by atoms with Gasteiger partial charge in [-0.2, -0.15) is 0 Å². The van der Waals surface area contributed by atoms with Crippen LogP contribution in [-0.4, -0.2) is 38.7 Å². The third kappa shape index (κ3) is 5.07. The SMILES string of the molecule is CNCCCC(C)N(C)Cc1ccc(OC)cc1. The highest BCUT2D eigenvalue weighted by atomic mass is 16.5. The van der Waals surface area contributed by atoms with Gasteiger partial charge in [0.2, 0.25) is 0 Å². The molecule has 3 heteroatoms. The monoisotopic (exact) mass is 250 g/mol. The Bertz CT molecular complexity index is 324. The number of benzene rings is 1. The van der Waals surface area contributed by atoms with Crippen LogP contribution in [0, 0.1) is 0 Å². The molecule has 0 aliphatic rings. The van der Waals surface area contributed by atoms with Gasteiger partial charge < -0.3 is 10.1 Å². The van der Waals surface area contributed by atoms with E-state index in [0.717, 1.165) is 18.8 Å². The van der Waals surface area contributed by atoms with E-state index in [0.29, 0.717) is 6.04 Å². The summed E-state index contributed by atoms with van der Waals surface area (Å²) < 4.78 is 5.17. The molecule has 0 fully saturated rings. The number of hydrogen-bond acceptors (Lipinski definition) is 3. The fourth-order valence-electron chi connectivity index (χ4n) is 1.97. The van der Waals surface area contributed by atoms with Gasteiger partial charge in [0.15, 0.2) is 0 Å². The predicted octanol–water partition coefficient (Wildman–Crippen LogP) is 2.52. The lowest BCUT2D eigenvalue weighted by molar-refractivity contribution is 0.234. The highest BCUT2D eigenvalue weighted by molar-refractivity contribution is 5.27. The molecular formula is C15H26N2O. The minimum atomic E-state index is 0.612. The molecule has 0 aromatic heterocycles. The molecule has 1 unspecified atom stereocenters. The molecule has 18 heavy (non-hydrogen) atoms. The maximum atomic E-state index is 5.17. The summed E-state index contributed by atoms with van der Waals surface area (Å²) >= 11 is 0. The molecule has 0 aliphatic heterocycles. The Kier molecular flexibility index (Phi) is 6.76. The fraction of sp³-hybridized carbons (Fsp3) is 0.600. The van der Waals surface area contributed by atoms with E-state index in [4.69, 9.17) is 4.74 Å². The summed E-state index contributed by atoms with van der Waals surface area (Å²) in [4.78, 5) is 2.40. The summed E-state index contributed by atoms with van der Waals surface area (Å²) in [6.07, 6.45) is 2.46. The molecule has 0 heterocycles. The minimum absolute atomic E-state index is 0.612. The van der Waals surface area contributed by atoms with Gasteiger partial charge in [-0.15, -0.1) is 0 Å². The Morgan fingerprint density at radius 2 is 1.94 bits per heavy atom. The highest BCUT2D eigenvalue weighted by Crippen LogP contribution is 2.14. The van der Waals surface area contributed by atoms with Crippen molar-refractivity contribution in [2.75, 3.05) is 27.7 Å². The Labute approximate surface area is 111 Å². The molecule has 0 spiro atoms. The Balaban J connectivity index is 2.39. The molecule has 1 aromatic rings. The van der Waals surface area contributed by atoms with Crippen molar-refractivity contribution in [3.63, 3.8) is 0 Å². The number of nitrogens with zero attached hydrogens (tertiary/aromatic N) is 1. The van der Waals surface area contributed by atoms with Crippen molar-refractivity contribution in [2.24, 2.45) is 0 Å². The van der Waals surface area contributed by atoms with Crippen LogP contribution >= 0.6 is 0 Å². The summed E-state index contributed by atoms with van der Waals surface area (Å²) in [6, 6.07) is 8.93. The van der Waals surface area contributed by atoms with Crippen LogP contribution in [0.3, 0.4) is 0 Å². The van der Waals surface area contributed by atoms with E-state index in [1.54, 1.807) is 7.11 Å². The lowest BCUT2D eigenvalue weighted by Gasteiger charge is -2.24. The van der Waals surface area contributed by atoms with Crippen molar-refractivity contribution in [1.29, 1.82) is 0 Å². The van der Waals surface area contributed by atoms with Gasteiger partial charge in [0.1, 0.15) is 5.75 Å². The van der Waals surface area contributed by atoms with Crippen LogP contribution in [0.15, 0.2) is 24.3 Å². The van der Waals surface area contributed by atoms with Gasteiger partial charge in [-0.25, -0.2) is 0 Å². The Hall–Kier alpha value is -1.06. The average molecular weight is 250 g/mol. The molecule has 0 bridgehead atoms. The van der Waals surface area contributed by atoms with Gasteiger partial charge in [0.05, 0.1) is 7.11 Å². The zero-order valence-corrected chi connectivity index (χ0v) is 12.1. The van der Waals surface area contributed by atoms with Crippen LogP contribution < -0.4 is 10.1 Å². The van der Waals surface area contributed by atoms with Gasteiger partial charge in [0.25, 0.3) is 0 Å². The number of ether oxygens (including phenoxy) is 1. The second-order valence-corrected chi connectivity index (χ2v) is 4.86. The van der Waals surface area contributed by atoms with Crippen LogP contribution in [-0.2, 0) is 6.54 Å². The topological polar surface area (TPSA) is 24.5 Å². The van der Waals surface area contributed by atoms with Crippen molar-refractivity contribution in [2.45, 2.75) is 32.4 Å². The van der Waals surface area contributed by atoms with Crippen LogP contribution in [0.2, 0.25) is 0 Å². The number of rotatable bonds is 8. The zero-order valence-electron chi connectivity index (χ0n) is 12.1. The van der Waals surface area contributed by atoms with Crippen molar-refractivity contribution >= 4 is 0 Å². The lowest BCUT2D eigenvalue weighted by Crippen LogP contribution is -2.29. The van der Waals surface area contributed by atoms with Gasteiger partial charge in [-0.3, -0.25) is 4.90 Å². The minimum Gasteiger partial charge on any atom is -0.497 e. The van der Waals surface area contributed by atoms with Crippen LogP contribution in [0.1, 0.15) is 25.3 Å². The largest absolute Gasteiger partial charge is 0.497 e. The summed E-state index contributed by atoms with van der Waals surface area (Å²) in [7, 11) is 5.89. The Morgan fingerprint density at radius 1 is 1.28 bits per heavy atom. The Morgan fingerprint density at radius 3 is 2.50 bits per heavy atom. The number of nitrogens with one attached hydrogen (secondary N) is 1. The smallest absolute Gasteiger partial charge is 0.118 e. The molecule has 1 aromatic carbocycles. The molecule has 102 valence electrons. The summed E-state index contributed by atoms with van der Waals surface area (Å²) in [5.74, 6) is 0.920. The maximum absolute atomic E-state index is 5.17. The number of hydrogen-bond donors (Lipinski definition) is 1. The van der Waals surface area contributed by atoms with Gasteiger partial charge in [0, 0.05) is 12.6 Å². The molecule has 1 rings (SSSR count). The van der Waals surface area contributed by atoms with Crippen molar-refractivity contribution in [3.05, 3.63) is 29.8 Å². The van der Waals surface area contributed by atoms with Gasteiger partial charge in [-0.1, -0.05) is 12.1 Å². The predicted molar refractivity (Wildman–Crippen MR) is 77.1 cm³/mol. The zero-order chi connectivity index (χ0) is 13.4. The first-order chi connectivity index (χ1) is 8.67. The van der Waals surface area contributed by atoms with Crippen molar-refractivity contribution in [1.82, 2.24) is 10.2 Å². The van der Waals surface area contributed by atoms with E-state index < -0.39 is 0 Å². The molecule has 1 N–H and O–H groups in total. The molecule has 1 atom stereocenters. The molecule has 0 aliphatic carbocycles. The quantitative estimate of drug-likeness (QED) is 0.718. The molecule has 0 radical (unpaired) electrons. The van der Waals surface area contributed by atoms with Crippen LogP contribution in [0.5, 0.6) is 5.75 Å². The first-order valence-corrected chi connectivity index (χ1v) is 6.65. The third-order valence-electron chi connectivity index (χ3n) is 3.39. The molecule has 0 saturated heterocycles. The van der Waals surface area contributed by atoms with E-state index in [2.05, 4.69) is 36.3 Å². The molecular weight excluding hydrogens is 224 g/mol. The highest BCUT2D eigenvalue weighted by Gasteiger charge is 2.09. The van der Waals surface area contributed by atoms with Crippen molar-refractivity contribution in [3.8, 4) is 5.75 Å². The standard InChI is InChI=1S/C15H26N2O/c1-13(6-5-11-16-2)17(3)12-14-7-9-15(18-4)10-8-14/h7-10,13,16H,5-6,11-12H2,1-4H3. The van der Waals surface area contributed by atoms with E-state index in [1.165, 1.54) is 18.4 Å². The van der Waals surface area contributed by atoms with Crippen LogP contribution in [0.4, 0.5) is 0 Å². The van der Waals surface area contributed by atoms with Crippen LogP contribution in [0.25, 0.3) is 0 Å². The fourth-order valence-corrected chi connectivity index (χ4v) is 1.97. The molecule has 0 amide bonds. The van der Waals surface area contributed by atoms with E-state index >= 15 is 0 Å². The molecule has 3 nitrogen and oxygen atoms in total. The van der Waals surface area contributed by atoms with Gasteiger partial charge in [-0.05, 0) is 58.1 Å². The van der Waals surface area contributed by atoms with E-state index in [-0.39, 0.29) is 0 Å². The third-order valence-corrected chi connectivity index (χ3v) is 3.39.